The maximum absolute atomic E-state index is 12.7. The lowest BCUT2D eigenvalue weighted by atomic mass is 9.87. The number of rotatable bonds is 4. The lowest BCUT2D eigenvalue weighted by molar-refractivity contribution is -0.385. The molecule has 2 rings (SSSR count). The van der Waals surface area contributed by atoms with Gasteiger partial charge in [-0.05, 0) is 29.5 Å². The Hall–Kier alpha value is -2.69. The molecular formula is C20H24N2O3. The Labute approximate surface area is 148 Å². The number of carbonyl (C=O) groups excluding carboxylic acids is 1. The highest BCUT2D eigenvalue weighted by Crippen LogP contribution is 2.25. The molecule has 0 N–H and O–H groups in total. The zero-order chi connectivity index (χ0) is 18.8. The van der Waals surface area contributed by atoms with Crippen molar-refractivity contribution in [3.05, 3.63) is 74.8 Å². The molecule has 0 aliphatic rings. The number of para-hydroxylation sites is 1. The smallest absolute Gasteiger partial charge is 0.285 e. The van der Waals surface area contributed by atoms with Gasteiger partial charge >= 0.3 is 0 Å². The summed E-state index contributed by atoms with van der Waals surface area (Å²) in [5, 5.41) is 11.3. The van der Waals surface area contributed by atoms with E-state index in [4.69, 9.17) is 0 Å². The van der Waals surface area contributed by atoms with Crippen molar-refractivity contribution in [1.29, 1.82) is 0 Å². The van der Waals surface area contributed by atoms with Gasteiger partial charge in [0, 0.05) is 19.2 Å². The van der Waals surface area contributed by atoms with Gasteiger partial charge in [0.25, 0.3) is 11.6 Å². The standard InChI is InChI=1S/C20H24N2O3/c1-14-7-6-8-17(18(14)22(24)25)19(23)21(5)13-15-9-11-16(12-10-15)20(2,3)4/h6-12H,13H2,1-5H3. The first-order valence-electron chi connectivity index (χ1n) is 8.20. The molecule has 0 spiro atoms. The van der Waals surface area contributed by atoms with Crippen LogP contribution in [0.2, 0.25) is 0 Å². The largest absolute Gasteiger partial charge is 0.337 e. The zero-order valence-electron chi connectivity index (χ0n) is 15.4. The molecule has 0 saturated heterocycles. The van der Waals surface area contributed by atoms with Crippen LogP contribution in [0, 0.1) is 17.0 Å². The highest BCUT2D eigenvalue weighted by molar-refractivity contribution is 5.98. The number of nitro benzene ring substituents is 1. The molecule has 5 nitrogen and oxygen atoms in total. The van der Waals surface area contributed by atoms with Gasteiger partial charge in [-0.2, -0.15) is 0 Å². The summed E-state index contributed by atoms with van der Waals surface area (Å²) >= 11 is 0. The molecule has 0 bridgehead atoms. The van der Waals surface area contributed by atoms with Crippen LogP contribution in [0.15, 0.2) is 42.5 Å². The van der Waals surface area contributed by atoms with Gasteiger partial charge in [0.15, 0.2) is 0 Å². The van der Waals surface area contributed by atoms with Crippen molar-refractivity contribution in [2.24, 2.45) is 0 Å². The quantitative estimate of drug-likeness (QED) is 0.609. The second kappa shape index (κ2) is 7.05. The number of nitro groups is 1. The summed E-state index contributed by atoms with van der Waals surface area (Å²) in [4.78, 5) is 25.0. The van der Waals surface area contributed by atoms with Crippen molar-refractivity contribution >= 4 is 11.6 Å². The van der Waals surface area contributed by atoms with Crippen molar-refractivity contribution in [2.75, 3.05) is 7.05 Å². The lowest BCUT2D eigenvalue weighted by Gasteiger charge is -2.21. The molecule has 0 aliphatic heterocycles. The first-order valence-corrected chi connectivity index (χ1v) is 8.20. The molecule has 2 aromatic rings. The molecule has 5 heteroatoms. The normalized spacial score (nSPS) is 11.2. The van der Waals surface area contributed by atoms with Gasteiger partial charge in [0.1, 0.15) is 5.56 Å². The predicted octanol–water partition coefficient (Wildman–Crippen LogP) is 4.47. The number of amides is 1. The van der Waals surface area contributed by atoms with E-state index in [0.717, 1.165) is 5.56 Å². The number of hydrogen-bond donors (Lipinski definition) is 0. The van der Waals surface area contributed by atoms with Crippen molar-refractivity contribution < 1.29 is 9.72 Å². The van der Waals surface area contributed by atoms with E-state index in [9.17, 15) is 14.9 Å². The molecule has 0 unspecified atom stereocenters. The molecule has 0 atom stereocenters. The Balaban J connectivity index is 2.22. The Morgan fingerprint density at radius 2 is 1.72 bits per heavy atom. The minimum absolute atomic E-state index is 0.0719. The summed E-state index contributed by atoms with van der Waals surface area (Å²) in [6.07, 6.45) is 0. The van der Waals surface area contributed by atoms with Gasteiger partial charge in [0.2, 0.25) is 0 Å². The van der Waals surface area contributed by atoms with E-state index < -0.39 is 4.92 Å². The Kier molecular flexibility index (Phi) is 5.26. The Morgan fingerprint density at radius 3 is 2.24 bits per heavy atom. The summed E-state index contributed by atoms with van der Waals surface area (Å²) in [5.74, 6) is -0.352. The highest BCUT2D eigenvalue weighted by atomic mass is 16.6. The number of aryl methyl sites for hydroxylation is 1. The number of hydrogen-bond acceptors (Lipinski definition) is 3. The fourth-order valence-electron chi connectivity index (χ4n) is 2.74. The van der Waals surface area contributed by atoms with Crippen LogP contribution in [-0.2, 0) is 12.0 Å². The maximum atomic E-state index is 12.7. The van der Waals surface area contributed by atoms with Crippen LogP contribution in [0.5, 0.6) is 0 Å². The molecule has 2 aromatic carbocycles. The highest BCUT2D eigenvalue weighted by Gasteiger charge is 2.24. The molecule has 0 saturated carbocycles. The SMILES string of the molecule is Cc1cccc(C(=O)N(C)Cc2ccc(C(C)(C)C)cc2)c1[N+](=O)[O-]. The van der Waals surface area contributed by atoms with E-state index in [-0.39, 0.29) is 22.6 Å². The lowest BCUT2D eigenvalue weighted by Crippen LogP contribution is -2.27. The third-order valence-electron chi connectivity index (χ3n) is 4.24. The van der Waals surface area contributed by atoms with Crippen LogP contribution in [0.3, 0.4) is 0 Å². The van der Waals surface area contributed by atoms with Crippen LogP contribution in [0.4, 0.5) is 5.69 Å². The zero-order valence-corrected chi connectivity index (χ0v) is 15.4. The first-order chi connectivity index (χ1) is 11.6. The summed E-state index contributed by atoms with van der Waals surface area (Å²) in [5.41, 5.74) is 2.77. The fourth-order valence-corrected chi connectivity index (χ4v) is 2.74. The Bertz CT molecular complexity index is 790. The van der Waals surface area contributed by atoms with Gasteiger partial charge < -0.3 is 4.90 Å². The van der Waals surface area contributed by atoms with E-state index in [1.165, 1.54) is 16.5 Å². The van der Waals surface area contributed by atoms with Crippen molar-refractivity contribution in [3.8, 4) is 0 Å². The molecular weight excluding hydrogens is 316 g/mol. The third-order valence-corrected chi connectivity index (χ3v) is 4.24. The van der Waals surface area contributed by atoms with Crippen LogP contribution in [-0.4, -0.2) is 22.8 Å². The average Bonchev–Trinajstić information content (AvgIpc) is 2.53. The second-order valence-electron chi connectivity index (χ2n) is 7.34. The summed E-state index contributed by atoms with van der Waals surface area (Å²) < 4.78 is 0. The van der Waals surface area contributed by atoms with E-state index in [0.29, 0.717) is 12.1 Å². The van der Waals surface area contributed by atoms with E-state index in [1.807, 2.05) is 12.1 Å². The van der Waals surface area contributed by atoms with Gasteiger partial charge in [-0.15, -0.1) is 0 Å². The maximum Gasteiger partial charge on any atom is 0.285 e. The third kappa shape index (κ3) is 4.24. The molecule has 0 radical (unpaired) electrons. The Morgan fingerprint density at radius 1 is 1.12 bits per heavy atom. The molecule has 0 fully saturated rings. The van der Waals surface area contributed by atoms with Crippen LogP contribution in [0.1, 0.15) is 47.8 Å². The molecule has 0 aromatic heterocycles. The van der Waals surface area contributed by atoms with Gasteiger partial charge in [-0.25, -0.2) is 0 Å². The summed E-state index contributed by atoms with van der Waals surface area (Å²) in [6.45, 7) is 8.48. The molecule has 1 amide bonds. The van der Waals surface area contributed by atoms with E-state index in [1.54, 1.807) is 26.1 Å². The first kappa shape index (κ1) is 18.6. The van der Waals surface area contributed by atoms with E-state index in [2.05, 4.69) is 32.9 Å². The topological polar surface area (TPSA) is 63.5 Å². The van der Waals surface area contributed by atoms with Gasteiger partial charge in [-0.1, -0.05) is 57.2 Å². The van der Waals surface area contributed by atoms with Gasteiger partial charge in [-0.3, -0.25) is 14.9 Å². The number of carbonyl (C=O) groups is 1. The molecule has 132 valence electrons. The minimum atomic E-state index is -0.492. The van der Waals surface area contributed by atoms with Crippen molar-refractivity contribution in [2.45, 2.75) is 39.7 Å². The fraction of sp³-hybridized carbons (Fsp3) is 0.350. The second-order valence-corrected chi connectivity index (χ2v) is 7.34. The van der Waals surface area contributed by atoms with Crippen molar-refractivity contribution in [1.82, 2.24) is 4.90 Å². The van der Waals surface area contributed by atoms with Gasteiger partial charge in [0.05, 0.1) is 4.92 Å². The molecule has 0 heterocycles. The monoisotopic (exact) mass is 340 g/mol. The average molecular weight is 340 g/mol. The van der Waals surface area contributed by atoms with E-state index >= 15 is 0 Å². The summed E-state index contributed by atoms with van der Waals surface area (Å²) in [7, 11) is 1.66. The predicted molar refractivity (Wildman–Crippen MR) is 98.8 cm³/mol. The minimum Gasteiger partial charge on any atom is -0.337 e. The summed E-state index contributed by atoms with van der Waals surface area (Å²) in [6, 6.07) is 12.9. The number of nitrogens with zero attached hydrogens (tertiary/aromatic N) is 2. The van der Waals surface area contributed by atoms with Crippen molar-refractivity contribution in [3.63, 3.8) is 0 Å². The van der Waals surface area contributed by atoms with Crippen LogP contribution in [0.25, 0.3) is 0 Å². The number of benzene rings is 2. The molecule has 25 heavy (non-hydrogen) atoms. The van der Waals surface area contributed by atoms with Crippen LogP contribution < -0.4 is 0 Å². The van der Waals surface area contributed by atoms with Crippen LogP contribution >= 0.6 is 0 Å². The molecule has 0 aliphatic carbocycles.